The quantitative estimate of drug-likeness (QED) is 0.800. The van der Waals surface area contributed by atoms with Gasteiger partial charge in [-0.3, -0.25) is 9.59 Å². The van der Waals surface area contributed by atoms with Gasteiger partial charge in [-0.05, 0) is 57.6 Å². The second kappa shape index (κ2) is 8.44. The molecule has 2 N–H and O–H groups in total. The second-order valence-electron chi connectivity index (χ2n) is 8.41. The summed E-state index contributed by atoms with van der Waals surface area (Å²) < 4.78 is 27.9. The number of amides is 2. The molecule has 0 spiro atoms. The van der Waals surface area contributed by atoms with Gasteiger partial charge in [0, 0.05) is 38.0 Å². The highest BCUT2D eigenvalue weighted by atomic mass is 32.2. The van der Waals surface area contributed by atoms with Crippen LogP contribution in [-0.2, 0) is 19.6 Å². The van der Waals surface area contributed by atoms with Gasteiger partial charge < -0.3 is 10.6 Å². The number of hydrogen-bond donors (Lipinski definition) is 1. The lowest BCUT2D eigenvalue weighted by Gasteiger charge is -2.36. The minimum atomic E-state index is -3.57. The Morgan fingerprint density at radius 3 is 1.86 bits per heavy atom. The largest absolute Gasteiger partial charge is 0.369 e. The van der Waals surface area contributed by atoms with Crippen LogP contribution in [0.3, 0.4) is 0 Å². The predicted octanol–water partition coefficient (Wildman–Crippen LogP) is 1.74. The molecule has 2 heterocycles. The maximum atomic E-state index is 13.2. The molecule has 0 aromatic heterocycles. The maximum Gasteiger partial charge on any atom is 0.243 e. The van der Waals surface area contributed by atoms with Crippen molar-refractivity contribution >= 4 is 21.8 Å². The van der Waals surface area contributed by atoms with E-state index in [1.807, 2.05) is 37.8 Å². The maximum absolute atomic E-state index is 13.2. The van der Waals surface area contributed by atoms with Crippen LogP contribution in [0, 0.1) is 32.6 Å². The Balaban J connectivity index is 1.63. The first-order chi connectivity index (χ1) is 13.6. The fraction of sp³-hybridized carbons (Fsp3) is 0.619. The standard InChI is InChI=1S/C21H31N3O4S/c1-14-12-15(2)19(16(3)13-14)29(27,28)24-10-6-18(7-11-24)21(26)23-8-4-17(5-9-23)20(22)25/h12-13,17-18H,4-11H2,1-3H3,(H2,22,25). The van der Waals surface area contributed by atoms with Crippen molar-refractivity contribution in [3.05, 3.63) is 28.8 Å². The van der Waals surface area contributed by atoms with Crippen LogP contribution >= 0.6 is 0 Å². The number of carbonyl (C=O) groups excluding carboxylic acids is 2. The number of nitrogens with zero attached hydrogens (tertiary/aromatic N) is 2. The first-order valence-corrected chi connectivity index (χ1v) is 11.7. The summed E-state index contributed by atoms with van der Waals surface area (Å²) in [7, 11) is -3.57. The molecule has 1 aromatic rings. The molecule has 8 heteroatoms. The lowest BCUT2D eigenvalue weighted by molar-refractivity contribution is -0.139. The number of sulfonamides is 1. The molecule has 0 unspecified atom stereocenters. The summed E-state index contributed by atoms with van der Waals surface area (Å²) in [5.74, 6) is -0.524. The van der Waals surface area contributed by atoms with E-state index in [1.165, 1.54) is 4.31 Å². The molecule has 0 saturated carbocycles. The van der Waals surface area contributed by atoms with Crippen molar-refractivity contribution in [2.45, 2.75) is 51.3 Å². The Morgan fingerprint density at radius 2 is 1.38 bits per heavy atom. The Morgan fingerprint density at radius 1 is 0.897 bits per heavy atom. The van der Waals surface area contributed by atoms with E-state index in [0.29, 0.717) is 56.8 Å². The minimum Gasteiger partial charge on any atom is -0.369 e. The average Bonchev–Trinajstić information content (AvgIpc) is 2.66. The number of primary amides is 1. The molecule has 2 aliphatic rings. The van der Waals surface area contributed by atoms with Crippen LogP contribution in [0.25, 0.3) is 0 Å². The van der Waals surface area contributed by atoms with Gasteiger partial charge in [-0.15, -0.1) is 0 Å². The van der Waals surface area contributed by atoms with Crippen LogP contribution in [-0.4, -0.2) is 55.6 Å². The van der Waals surface area contributed by atoms with Crippen molar-refractivity contribution in [1.82, 2.24) is 9.21 Å². The number of likely N-dealkylation sites (tertiary alicyclic amines) is 1. The van der Waals surface area contributed by atoms with Gasteiger partial charge >= 0.3 is 0 Å². The van der Waals surface area contributed by atoms with Gasteiger partial charge in [0.05, 0.1) is 4.90 Å². The molecule has 3 rings (SSSR count). The summed E-state index contributed by atoms with van der Waals surface area (Å²) in [5.41, 5.74) is 7.93. The van der Waals surface area contributed by atoms with Gasteiger partial charge in [-0.2, -0.15) is 4.31 Å². The SMILES string of the molecule is Cc1cc(C)c(S(=O)(=O)N2CCC(C(=O)N3CCC(C(N)=O)CC3)CC2)c(C)c1. The van der Waals surface area contributed by atoms with E-state index >= 15 is 0 Å². The third kappa shape index (κ3) is 4.48. The van der Waals surface area contributed by atoms with E-state index in [4.69, 9.17) is 5.73 Å². The fourth-order valence-electron chi connectivity index (χ4n) is 4.69. The highest BCUT2D eigenvalue weighted by Crippen LogP contribution is 2.30. The second-order valence-corrected chi connectivity index (χ2v) is 10.3. The van der Waals surface area contributed by atoms with Crippen molar-refractivity contribution in [1.29, 1.82) is 0 Å². The van der Waals surface area contributed by atoms with Gasteiger partial charge in [0.2, 0.25) is 21.8 Å². The van der Waals surface area contributed by atoms with Crippen molar-refractivity contribution in [2.75, 3.05) is 26.2 Å². The summed E-state index contributed by atoms with van der Waals surface area (Å²) in [5, 5.41) is 0. The molecule has 7 nitrogen and oxygen atoms in total. The molecule has 1 aromatic carbocycles. The lowest BCUT2D eigenvalue weighted by Crippen LogP contribution is -2.47. The zero-order chi connectivity index (χ0) is 21.3. The van der Waals surface area contributed by atoms with Crippen LogP contribution in [0.2, 0.25) is 0 Å². The van der Waals surface area contributed by atoms with E-state index in [1.54, 1.807) is 0 Å². The third-order valence-electron chi connectivity index (χ3n) is 6.21. The van der Waals surface area contributed by atoms with Crippen molar-refractivity contribution in [2.24, 2.45) is 17.6 Å². The topological polar surface area (TPSA) is 101 Å². The van der Waals surface area contributed by atoms with Gasteiger partial charge in [-0.1, -0.05) is 17.7 Å². The van der Waals surface area contributed by atoms with Crippen LogP contribution in [0.15, 0.2) is 17.0 Å². The fourth-order valence-corrected chi connectivity index (χ4v) is 6.57. The van der Waals surface area contributed by atoms with Gasteiger partial charge in [0.1, 0.15) is 0 Å². The molecule has 160 valence electrons. The minimum absolute atomic E-state index is 0.0765. The number of hydrogen-bond acceptors (Lipinski definition) is 4. The molecule has 0 bridgehead atoms. The molecule has 29 heavy (non-hydrogen) atoms. The molecular formula is C21H31N3O4S. The first-order valence-electron chi connectivity index (χ1n) is 10.3. The van der Waals surface area contributed by atoms with Crippen molar-refractivity contribution < 1.29 is 18.0 Å². The summed E-state index contributed by atoms with van der Waals surface area (Å²) in [4.78, 5) is 26.3. The van der Waals surface area contributed by atoms with Gasteiger partial charge in [-0.25, -0.2) is 8.42 Å². The molecular weight excluding hydrogens is 390 g/mol. The van der Waals surface area contributed by atoms with E-state index in [9.17, 15) is 18.0 Å². The molecule has 2 saturated heterocycles. The normalized spacial score (nSPS) is 20.0. The van der Waals surface area contributed by atoms with Crippen molar-refractivity contribution in [3.8, 4) is 0 Å². The highest BCUT2D eigenvalue weighted by Gasteiger charge is 2.36. The molecule has 0 atom stereocenters. The van der Waals surface area contributed by atoms with E-state index < -0.39 is 10.0 Å². The monoisotopic (exact) mass is 421 g/mol. The molecule has 2 fully saturated rings. The molecule has 2 aliphatic heterocycles. The number of carbonyl (C=O) groups is 2. The Bertz CT molecular complexity index is 873. The number of nitrogens with two attached hydrogens (primary N) is 1. The van der Waals surface area contributed by atoms with E-state index in [0.717, 1.165) is 16.7 Å². The lowest BCUT2D eigenvalue weighted by atomic mass is 9.92. The summed E-state index contributed by atoms with van der Waals surface area (Å²) in [6, 6.07) is 3.79. The number of rotatable bonds is 4. The Labute approximate surface area is 173 Å². The van der Waals surface area contributed by atoms with E-state index in [-0.39, 0.29) is 23.7 Å². The number of benzene rings is 1. The van der Waals surface area contributed by atoms with Crippen LogP contribution < -0.4 is 5.73 Å². The summed E-state index contributed by atoms with van der Waals surface area (Å²) in [6.45, 7) is 7.42. The van der Waals surface area contributed by atoms with E-state index in [2.05, 4.69) is 0 Å². The van der Waals surface area contributed by atoms with Gasteiger partial charge in [0.15, 0.2) is 0 Å². The molecule has 0 radical (unpaired) electrons. The summed E-state index contributed by atoms with van der Waals surface area (Å²) in [6.07, 6.45) is 2.27. The average molecular weight is 422 g/mol. The highest BCUT2D eigenvalue weighted by molar-refractivity contribution is 7.89. The molecule has 0 aliphatic carbocycles. The Hall–Kier alpha value is -1.93. The zero-order valence-corrected chi connectivity index (χ0v) is 18.3. The number of piperidine rings is 2. The first kappa shape index (κ1) is 21.8. The van der Waals surface area contributed by atoms with Crippen LogP contribution in [0.1, 0.15) is 42.4 Å². The zero-order valence-electron chi connectivity index (χ0n) is 17.5. The predicted molar refractivity (Wildman–Crippen MR) is 111 cm³/mol. The van der Waals surface area contributed by atoms with Gasteiger partial charge in [0.25, 0.3) is 0 Å². The van der Waals surface area contributed by atoms with Crippen LogP contribution in [0.4, 0.5) is 0 Å². The summed E-state index contributed by atoms with van der Waals surface area (Å²) >= 11 is 0. The Kier molecular flexibility index (Phi) is 6.33. The third-order valence-corrected chi connectivity index (χ3v) is 8.42. The number of aryl methyl sites for hydroxylation is 3. The van der Waals surface area contributed by atoms with Crippen LogP contribution in [0.5, 0.6) is 0 Å². The van der Waals surface area contributed by atoms with Crippen molar-refractivity contribution in [3.63, 3.8) is 0 Å². The smallest absolute Gasteiger partial charge is 0.243 e. The molecule has 2 amide bonds.